The zero-order chi connectivity index (χ0) is 15.8. The first-order chi connectivity index (χ1) is 10.0. The van der Waals surface area contributed by atoms with Gasteiger partial charge in [-0.3, -0.25) is 4.79 Å². The summed E-state index contributed by atoms with van der Waals surface area (Å²) in [6, 6.07) is -0.777. The molecule has 1 heterocycles. The zero-order valence-electron chi connectivity index (χ0n) is 12.4. The highest BCUT2D eigenvalue weighted by Crippen LogP contribution is 2.26. The van der Waals surface area contributed by atoms with Crippen LogP contribution in [-0.4, -0.2) is 53.7 Å². The zero-order valence-corrected chi connectivity index (χ0v) is 12.4. The van der Waals surface area contributed by atoms with E-state index in [1.807, 2.05) is 0 Å². The molecular weight excluding hydrogens is 278 g/mol. The molecule has 1 unspecified atom stereocenters. The number of hydrogen-bond acceptors (Lipinski definition) is 6. The third-order valence-corrected chi connectivity index (χ3v) is 3.73. The van der Waals surface area contributed by atoms with E-state index in [4.69, 9.17) is 10.3 Å². The number of esters is 1. The number of rotatable bonds is 7. The van der Waals surface area contributed by atoms with Gasteiger partial charge in [0.15, 0.2) is 0 Å². The van der Waals surface area contributed by atoms with E-state index in [1.165, 1.54) is 7.11 Å². The molecule has 0 aromatic heterocycles. The maximum absolute atomic E-state index is 11.0. The molecule has 0 radical (unpaired) electrons. The van der Waals surface area contributed by atoms with Crippen molar-refractivity contribution in [2.24, 2.45) is 5.11 Å². The number of ether oxygens (including phenoxy) is 2. The second-order valence-corrected chi connectivity index (χ2v) is 5.23. The number of azide groups is 1. The van der Waals surface area contributed by atoms with Crippen molar-refractivity contribution in [2.75, 3.05) is 7.11 Å². The lowest BCUT2D eigenvalue weighted by Crippen LogP contribution is -2.55. The number of hydrogen-bond donors (Lipinski definition) is 2. The lowest BCUT2D eigenvalue weighted by molar-refractivity contribution is -0.175. The molecule has 0 amide bonds. The van der Waals surface area contributed by atoms with Gasteiger partial charge in [0.25, 0.3) is 0 Å². The molecule has 0 aliphatic carbocycles. The Hall–Kier alpha value is -1.34. The Kier molecular flexibility index (Phi) is 7.45. The highest BCUT2D eigenvalue weighted by Gasteiger charge is 2.41. The molecule has 1 aliphatic rings. The number of carbonyl (C=O) groups is 1. The number of unbranched alkanes of at least 4 members (excludes halogenated alkanes) is 2. The Morgan fingerprint density at radius 3 is 2.67 bits per heavy atom. The van der Waals surface area contributed by atoms with Crippen molar-refractivity contribution in [1.29, 1.82) is 0 Å². The van der Waals surface area contributed by atoms with Gasteiger partial charge in [0.05, 0.1) is 31.5 Å². The largest absolute Gasteiger partial charge is 0.469 e. The molecule has 1 fully saturated rings. The minimum absolute atomic E-state index is 0.231. The van der Waals surface area contributed by atoms with Crippen LogP contribution >= 0.6 is 0 Å². The SMILES string of the molecule is COC(=O)CCCCCC1O[C@H](C)[C@@H](N=[N+]=[N-])[C@H](O)[C@@H]1O. The van der Waals surface area contributed by atoms with Gasteiger partial charge in [-0.15, -0.1) is 0 Å². The van der Waals surface area contributed by atoms with E-state index in [0.29, 0.717) is 12.8 Å². The van der Waals surface area contributed by atoms with Gasteiger partial charge in [-0.25, -0.2) is 0 Å². The van der Waals surface area contributed by atoms with E-state index in [-0.39, 0.29) is 5.97 Å². The molecule has 1 rings (SSSR count). The number of methoxy groups -OCH3 is 1. The first-order valence-corrected chi connectivity index (χ1v) is 7.13. The first kappa shape index (κ1) is 17.7. The van der Waals surface area contributed by atoms with E-state index in [1.54, 1.807) is 6.92 Å². The van der Waals surface area contributed by atoms with Crippen LogP contribution in [-0.2, 0) is 14.3 Å². The minimum atomic E-state index is -1.12. The van der Waals surface area contributed by atoms with Gasteiger partial charge in [-0.05, 0) is 25.3 Å². The van der Waals surface area contributed by atoms with Gasteiger partial charge in [0.2, 0.25) is 0 Å². The van der Waals surface area contributed by atoms with Crippen LogP contribution in [0.4, 0.5) is 0 Å². The monoisotopic (exact) mass is 301 g/mol. The van der Waals surface area contributed by atoms with Crippen LogP contribution in [0.3, 0.4) is 0 Å². The molecule has 0 spiro atoms. The van der Waals surface area contributed by atoms with Crippen molar-refractivity contribution in [1.82, 2.24) is 0 Å². The third-order valence-electron chi connectivity index (χ3n) is 3.73. The van der Waals surface area contributed by atoms with Gasteiger partial charge in [0, 0.05) is 11.3 Å². The molecule has 1 saturated heterocycles. The summed E-state index contributed by atoms with van der Waals surface area (Å²) in [7, 11) is 1.36. The summed E-state index contributed by atoms with van der Waals surface area (Å²) in [5, 5.41) is 23.4. The van der Waals surface area contributed by atoms with Crippen LogP contribution in [0.5, 0.6) is 0 Å². The molecule has 5 atom stereocenters. The number of aliphatic hydroxyl groups excluding tert-OH is 2. The summed E-state index contributed by atoms with van der Waals surface area (Å²) < 4.78 is 10.2. The summed E-state index contributed by atoms with van der Waals surface area (Å²) in [4.78, 5) is 13.6. The van der Waals surface area contributed by atoms with Crippen molar-refractivity contribution in [2.45, 2.75) is 69.5 Å². The molecule has 2 N–H and O–H groups in total. The Morgan fingerprint density at radius 2 is 2.05 bits per heavy atom. The van der Waals surface area contributed by atoms with E-state index < -0.39 is 30.5 Å². The van der Waals surface area contributed by atoms with E-state index in [9.17, 15) is 15.0 Å². The Bertz CT molecular complexity index is 386. The van der Waals surface area contributed by atoms with Gasteiger partial charge < -0.3 is 19.7 Å². The maximum Gasteiger partial charge on any atom is 0.305 e. The van der Waals surface area contributed by atoms with Crippen LogP contribution in [0.1, 0.15) is 39.0 Å². The predicted molar refractivity (Wildman–Crippen MR) is 74.4 cm³/mol. The quantitative estimate of drug-likeness (QED) is 0.241. The fourth-order valence-electron chi connectivity index (χ4n) is 2.49. The second kappa shape index (κ2) is 8.84. The molecule has 21 heavy (non-hydrogen) atoms. The topological polar surface area (TPSA) is 125 Å². The fraction of sp³-hybridized carbons (Fsp3) is 0.923. The van der Waals surface area contributed by atoms with Gasteiger partial charge in [-0.1, -0.05) is 18.0 Å². The molecule has 1 aliphatic heterocycles. The summed E-state index contributed by atoms with van der Waals surface area (Å²) >= 11 is 0. The Morgan fingerprint density at radius 1 is 1.33 bits per heavy atom. The van der Waals surface area contributed by atoms with Crippen molar-refractivity contribution in [3.05, 3.63) is 10.4 Å². The van der Waals surface area contributed by atoms with Crippen LogP contribution < -0.4 is 0 Å². The molecule has 8 nitrogen and oxygen atoms in total. The van der Waals surface area contributed by atoms with Crippen LogP contribution in [0.25, 0.3) is 10.4 Å². The Labute approximate surface area is 123 Å². The average molecular weight is 301 g/mol. The second-order valence-electron chi connectivity index (χ2n) is 5.23. The summed E-state index contributed by atoms with van der Waals surface area (Å²) in [6.07, 6.45) is 0.125. The van der Waals surface area contributed by atoms with Crippen LogP contribution in [0, 0.1) is 0 Å². The number of carbonyl (C=O) groups excluding carboxylic acids is 1. The third kappa shape index (κ3) is 5.17. The number of aliphatic hydroxyl groups is 2. The van der Waals surface area contributed by atoms with E-state index in [0.717, 1.165) is 19.3 Å². The van der Waals surface area contributed by atoms with Crippen molar-refractivity contribution >= 4 is 5.97 Å². The Balaban J connectivity index is 2.36. The highest BCUT2D eigenvalue weighted by molar-refractivity contribution is 5.68. The fourth-order valence-corrected chi connectivity index (χ4v) is 2.49. The van der Waals surface area contributed by atoms with Crippen molar-refractivity contribution in [3.63, 3.8) is 0 Å². The lowest BCUT2D eigenvalue weighted by atomic mass is 9.91. The maximum atomic E-state index is 11.0. The van der Waals surface area contributed by atoms with Crippen LogP contribution in [0.2, 0.25) is 0 Å². The minimum Gasteiger partial charge on any atom is -0.469 e. The van der Waals surface area contributed by atoms with Gasteiger partial charge in [0.1, 0.15) is 6.10 Å². The molecule has 0 aromatic carbocycles. The number of nitrogens with zero attached hydrogens (tertiary/aromatic N) is 3. The summed E-state index contributed by atoms with van der Waals surface area (Å²) in [5.74, 6) is -0.231. The van der Waals surface area contributed by atoms with Gasteiger partial charge in [-0.2, -0.15) is 0 Å². The standard InChI is InChI=1S/C13H23N3O5/c1-8-11(15-16-14)13(19)12(18)9(21-8)6-4-3-5-7-10(17)20-2/h8-9,11-13,18-19H,3-7H2,1-2H3/t8-,9?,11-,12-,13+/m1/s1. The molecule has 8 heteroatoms. The highest BCUT2D eigenvalue weighted by atomic mass is 16.5. The van der Waals surface area contributed by atoms with E-state index >= 15 is 0 Å². The smallest absolute Gasteiger partial charge is 0.305 e. The first-order valence-electron chi connectivity index (χ1n) is 7.13. The molecular formula is C13H23N3O5. The van der Waals surface area contributed by atoms with Crippen molar-refractivity contribution < 1.29 is 24.5 Å². The van der Waals surface area contributed by atoms with Crippen molar-refractivity contribution in [3.8, 4) is 0 Å². The van der Waals surface area contributed by atoms with Gasteiger partial charge >= 0.3 is 5.97 Å². The normalized spacial score (nSPS) is 32.3. The molecule has 0 bridgehead atoms. The van der Waals surface area contributed by atoms with E-state index in [2.05, 4.69) is 14.8 Å². The molecule has 0 aromatic rings. The van der Waals surface area contributed by atoms with Crippen LogP contribution in [0.15, 0.2) is 5.11 Å². The average Bonchev–Trinajstić information content (AvgIpc) is 2.47. The summed E-state index contributed by atoms with van der Waals surface area (Å²) in [5.41, 5.74) is 8.44. The molecule has 0 saturated carbocycles. The molecule has 120 valence electrons. The summed E-state index contributed by atoms with van der Waals surface area (Å²) in [6.45, 7) is 1.71. The predicted octanol–water partition coefficient (Wildman–Crippen LogP) is 1.30. The lowest BCUT2D eigenvalue weighted by Gasteiger charge is -2.40.